The first-order valence-corrected chi connectivity index (χ1v) is 43.4. The third kappa shape index (κ3) is 9.72. The van der Waals surface area contributed by atoms with Crippen molar-refractivity contribution in [2.45, 2.75) is 193 Å². The Morgan fingerprint density at radius 1 is 0.462 bits per heavy atom. The minimum absolute atomic E-state index is 0.268. The van der Waals surface area contributed by atoms with Crippen molar-refractivity contribution in [3.05, 3.63) is 57.6 Å². The molecule has 0 aliphatic carbocycles. The van der Waals surface area contributed by atoms with Gasteiger partial charge >= 0.3 is 6.71 Å². The summed E-state index contributed by atoms with van der Waals surface area (Å²) in [6, 6.07) is 10.6. The molecule has 10 heteroatoms. The fourth-order valence-corrected chi connectivity index (χ4v) is 53.7. The van der Waals surface area contributed by atoms with Crippen molar-refractivity contribution in [2.75, 3.05) is 0 Å². The van der Waals surface area contributed by atoms with Gasteiger partial charge in [0.05, 0.1) is 11.2 Å². The number of hydrogen-bond acceptors (Lipinski definition) is 2. The van der Waals surface area contributed by atoms with E-state index in [1.54, 1.807) is 21.9 Å². The van der Waals surface area contributed by atoms with Crippen molar-refractivity contribution in [2.24, 2.45) is 0 Å². The predicted molar refractivity (Wildman–Crippen MR) is 256 cm³/mol. The summed E-state index contributed by atoms with van der Waals surface area (Å²) in [5.41, 5.74) is 8.56. The maximum absolute atomic E-state index is 7.36. The van der Waals surface area contributed by atoms with Crippen molar-refractivity contribution in [3.8, 4) is 0 Å². The molecule has 293 valence electrons. The zero-order valence-electron chi connectivity index (χ0n) is 38.9. The molecule has 0 spiro atoms. The van der Waals surface area contributed by atoms with Gasteiger partial charge in [0, 0.05) is 48.4 Å². The van der Waals surface area contributed by atoms with Crippen LogP contribution in [0.25, 0.3) is 0 Å². The van der Waals surface area contributed by atoms with Crippen LogP contribution >= 0.6 is 0 Å². The molecule has 0 amide bonds. The van der Waals surface area contributed by atoms with Gasteiger partial charge in [0.15, 0.2) is 8.67 Å². The van der Waals surface area contributed by atoms with Crippen LogP contribution < -0.4 is 10.4 Å². The number of hydrogen-bond donors (Lipinski definition) is 0. The summed E-state index contributed by atoms with van der Waals surface area (Å²) in [7, 11) is -11.7. The summed E-state index contributed by atoms with van der Waals surface area (Å²) >= 11 is 0. The van der Waals surface area contributed by atoms with Gasteiger partial charge in [-0.3, -0.25) is 0 Å². The monoisotopic (exact) mass is 825 g/mol. The quantitative estimate of drug-likeness (QED) is 0.199. The molecular formula is C42H82BO2Si7. The Morgan fingerprint density at radius 2 is 0.750 bits per heavy atom. The van der Waals surface area contributed by atoms with Gasteiger partial charge in [-0.05, 0) is 69.5 Å². The molecule has 0 unspecified atom stereocenters. The average molecular weight is 827 g/mol. The lowest BCUT2D eigenvalue weighted by Crippen LogP contribution is -2.63. The van der Waals surface area contributed by atoms with E-state index in [0.717, 1.165) is 0 Å². The van der Waals surface area contributed by atoms with Crippen molar-refractivity contribution in [1.29, 1.82) is 0 Å². The molecule has 2 aromatic carbocycles. The van der Waals surface area contributed by atoms with Gasteiger partial charge in [0.2, 0.25) is 0 Å². The first-order chi connectivity index (χ1) is 22.8. The smallest absolute Gasteiger partial charge is 0.406 e. The fraction of sp³-hybridized carbons (Fsp3) is 0.714. The van der Waals surface area contributed by atoms with Crippen molar-refractivity contribution in [3.63, 3.8) is 0 Å². The molecule has 1 aliphatic heterocycles. The molecule has 1 heterocycles. The second-order valence-corrected chi connectivity index (χ2v) is 60.2. The highest BCUT2D eigenvalue weighted by Gasteiger charge is 2.58. The van der Waals surface area contributed by atoms with Crippen LogP contribution in [-0.2, 0) is 9.31 Å². The van der Waals surface area contributed by atoms with E-state index in [1.807, 2.05) is 0 Å². The van der Waals surface area contributed by atoms with Gasteiger partial charge in [-0.1, -0.05) is 180 Å². The van der Waals surface area contributed by atoms with E-state index < -0.39 is 68.3 Å². The first kappa shape index (κ1) is 46.3. The van der Waals surface area contributed by atoms with Gasteiger partial charge < -0.3 is 9.31 Å². The Hall–Kier alpha value is -0.0569. The molecule has 1 aliphatic rings. The number of benzene rings is 2. The van der Waals surface area contributed by atoms with Crippen molar-refractivity contribution in [1.82, 2.24) is 0 Å². The second kappa shape index (κ2) is 14.7. The molecule has 0 bridgehead atoms. The lowest BCUT2D eigenvalue weighted by atomic mass is 9.90. The van der Waals surface area contributed by atoms with E-state index in [0.29, 0.717) is 15.5 Å². The van der Waals surface area contributed by atoms with Gasteiger partial charge in [-0.25, -0.2) is 0 Å². The highest BCUT2D eigenvalue weighted by atomic mass is 28.4. The first-order valence-electron chi connectivity index (χ1n) is 20.3. The van der Waals surface area contributed by atoms with E-state index in [9.17, 15) is 0 Å². The van der Waals surface area contributed by atoms with Crippen molar-refractivity contribution >= 4 is 74.2 Å². The van der Waals surface area contributed by atoms with Gasteiger partial charge in [-0.2, -0.15) is 0 Å². The van der Waals surface area contributed by atoms with Gasteiger partial charge in [-0.15, -0.1) is 0 Å². The van der Waals surface area contributed by atoms with E-state index in [-0.39, 0.29) is 6.71 Å². The molecule has 3 rings (SSSR count). The Morgan fingerprint density at radius 3 is 1.02 bits per heavy atom. The molecule has 0 atom stereocenters. The topological polar surface area (TPSA) is 18.5 Å². The lowest BCUT2D eigenvalue weighted by Gasteiger charge is -2.47. The van der Waals surface area contributed by atoms with E-state index in [2.05, 4.69) is 191 Å². The van der Waals surface area contributed by atoms with Gasteiger partial charge in [0.25, 0.3) is 0 Å². The Kier molecular flexibility index (Phi) is 13.1. The highest BCUT2D eigenvalue weighted by molar-refractivity contribution is 7.30. The maximum atomic E-state index is 7.36. The average Bonchev–Trinajstić information content (AvgIpc) is 3.02. The summed E-state index contributed by atoms with van der Waals surface area (Å²) in [4.78, 5) is 0. The summed E-state index contributed by atoms with van der Waals surface area (Å²) in [5, 5.41) is 5.17. The van der Waals surface area contributed by atoms with Gasteiger partial charge in [0.1, 0.15) is 0 Å². The molecule has 0 saturated carbocycles. The Bertz CT molecular complexity index is 1480. The Balaban J connectivity index is 2.89. The summed E-state index contributed by atoms with van der Waals surface area (Å²) < 4.78 is 14.7. The van der Waals surface area contributed by atoms with Crippen LogP contribution in [0.4, 0.5) is 0 Å². The molecule has 1 radical (unpaired) electrons. The normalized spacial score (nSPS) is 17.8. The molecule has 2 aromatic rings. The molecule has 52 heavy (non-hydrogen) atoms. The summed E-state index contributed by atoms with van der Waals surface area (Å²) in [5.74, 6) is 0. The minimum Gasteiger partial charge on any atom is -0.406 e. The SMILES string of the molecule is Cc1cc(C)c([Si](B2OC(C)(C)C(C)(C)O2)c2c(C([Si](C)(C)C)[Si](C)(C)C)cc(C([Si](C)(C)C)[Si](C)(C)C)cc2C([Si](C)(C)C)[Si](C)(C)C)c(C)c1. The van der Waals surface area contributed by atoms with Crippen LogP contribution in [0.3, 0.4) is 0 Å². The summed E-state index contributed by atoms with van der Waals surface area (Å²) in [6.45, 7) is 63.9. The second-order valence-electron chi connectivity index (χ2n) is 24.3. The number of aryl methyl sites for hydroxylation is 3. The predicted octanol–water partition coefficient (Wildman–Crippen LogP) is 11.9. The lowest BCUT2D eigenvalue weighted by molar-refractivity contribution is 0.00578. The highest BCUT2D eigenvalue weighted by Crippen LogP contribution is 2.45. The van der Waals surface area contributed by atoms with E-state index >= 15 is 0 Å². The Labute approximate surface area is 332 Å². The molecular weight excluding hydrogens is 744 g/mol. The minimum atomic E-state index is -1.73. The zero-order valence-corrected chi connectivity index (χ0v) is 45.9. The van der Waals surface area contributed by atoms with Crippen LogP contribution in [0.2, 0.25) is 118 Å². The fourth-order valence-electron chi connectivity index (χ4n) is 11.3. The largest absolute Gasteiger partial charge is 0.442 e. The molecule has 2 nitrogen and oxygen atoms in total. The molecule has 1 fully saturated rings. The van der Waals surface area contributed by atoms with Crippen LogP contribution in [-0.4, -0.2) is 75.0 Å². The molecule has 1 saturated heterocycles. The van der Waals surface area contributed by atoms with Crippen LogP contribution in [0.5, 0.6) is 0 Å². The van der Waals surface area contributed by atoms with Crippen LogP contribution in [0.1, 0.15) is 76.6 Å². The molecule has 0 aromatic heterocycles. The zero-order chi connectivity index (χ0) is 40.7. The third-order valence-corrected chi connectivity index (χ3v) is 43.1. The maximum Gasteiger partial charge on any atom is 0.442 e. The summed E-state index contributed by atoms with van der Waals surface area (Å²) in [6.07, 6.45) is 0. The van der Waals surface area contributed by atoms with Crippen LogP contribution in [0.15, 0.2) is 24.3 Å². The van der Waals surface area contributed by atoms with Crippen molar-refractivity contribution < 1.29 is 9.31 Å². The standard InChI is InChI=1S/C42H82BO2Si7/c1-30-26-31(2)36(32(3)27-30)46(43-44-41(4,5)42(6,7)45-43)37-34(39(49(14,15)16)50(17,18)19)28-33(38(47(8,9)10)48(11,12)13)29-35(37)40(51(20,21)22)52(23,24)25/h26-29,38-40H,1-25H3. The van der Waals surface area contributed by atoms with Crippen LogP contribution in [0, 0.1) is 20.8 Å². The molecule has 0 N–H and O–H groups in total. The third-order valence-electron chi connectivity index (χ3n) is 12.1. The number of rotatable bonds is 12. The van der Waals surface area contributed by atoms with E-state index in [4.69, 9.17) is 9.31 Å². The van der Waals surface area contributed by atoms with E-state index in [1.165, 1.54) is 21.9 Å².